The van der Waals surface area contributed by atoms with E-state index in [1.165, 1.54) is 4.88 Å². The van der Waals surface area contributed by atoms with Crippen molar-refractivity contribution in [2.45, 2.75) is 52.8 Å². The predicted molar refractivity (Wildman–Crippen MR) is 68.7 cm³/mol. The van der Waals surface area contributed by atoms with Crippen LogP contribution >= 0.6 is 11.3 Å². The molecule has 0 unspecified atom stereocenters. The highest BCUT2D eigenvalue weighted by molar-refractivity contribution is 7.11. The van der Waals surface area contributed by atoms with E-state index in [4.69, 9.17) is 4.74 Å². The Kier molecular flexibility index (Phi) is 5.38. The molecule has 0 spiro atoms. The summed E-state index contributed by atoms with van der Waals surface area (Å²) in [5, 5.41) is 4.52. The van der Waals surface area contributed by atoms with Crippen LogP contribution in [0.4, 0.5) is 0 Å². The summed E-state index contributed by atoms with van der Waals surface area (Å²) in [6, 6.07) is 0. The maximum atomic E-state index is 5.46. The minimum absolute atomic E-state index is 0.156. The van der Waals surface area contributed by atoms with Crippen LogP contribution in [0.1, 0.15) is 44.0 Å². The molecule has 1 heterocycles. The Bertz CT molecular complexity index is 304. The van der Waals surface area contributed by atoms with E-state index in [1.54, 1.807) is 11.3 Å². The summed E-state index contributed by atoms with van der Waals surface area (Å²) in [7, 11) is 0. The highest BCUT2D eigenvalue weighted by Crippen LogP contribution is 2.14. The van der Waals surface area contributed by atoms with E-state index < -0.39 is 0 Å². The number of aromatic nitrogens is 1. The Morgan fingerprint density at radius 3 is 2.81 bits per heavy atom. The van der Waals surface area contributed by atoms with Crippen LogP contribution in [-0.2, 0) is 17.9 Å². The average Bonchev–Trinajstić information content (AvgIpc) is 2.62. The van der Waals surface area contributed by atoms with Gasteiger partial charge in [-0.05, 0) is 27.2 Å². The second-order valence-corrected chi connectivity index (χ2v) is 6.08. The molecule has 0 aromatic carbocycles. The molecule has 1 aromatic heterocycles. The molecule has 0 saturated carbocycles. The minimum Gasteiger partial charge on any atom is -0.374 e. The van der Waals surface area contributed by atoms with Crippen molar-refractivity contribution in [3.63, 3.8) is 0 Å². The summed E-state index contributed by atoms with van der Waals surface area (Å²) in [4.78, 5) is 5.61. The fourth-order valence-electron chi connectivity index (χ4n) is 1.15. The Balaban J connectivity index is 2.33. The lowest BCUT2D eigenvalue weighted by Gasteiger charge is -2.19. The zero-order valence-electron chi connectivity index (χ0n) is 10.7. The van der Waals surface area contributed by atoms with Crippen molar-refractivity contribution in [3.05, 3.63) is 16.1 Å². The topological polar surface area (TPSA) is 34.1 Å². The van der Waals surface area contributed by atoms with E-state index in [0.29, 0.717) is 6.61 Å². The van der Waals surface area contributed by atoms with Gasteiger partial charge in [0.05, 0.1) is 6.61 Å². The van der Waals surface area contributed by atoms with Gasteiger partial charge in [0, 0.05) is 29.8 Å². The van der Waals surface area contributed by atoms with Crippen molar-refractivity contribution in [3.8, 4) is 0 Å². The third kappa shape index (κ3) is 5.58. The van der Waals surface area contributed by atoms with Crippen LogP contribution in [0.25, 0.3) is 0 Å². The van der Waals surface area contributed by atoms with Crippen molar-refractivity contribution in [2.75, 3.05) is 6.61 Å². The second-order valence-electron chi connectivity index (χ2n) is 4.88. The summed E-state index contributed by atoms with van der Waals surface area (Å²) >= 11 is 1.73. The number of nitrogens with one attached hydrogen (secondary N) is 1. The number of rotatable bonds is 6. The van der Waals surface area contributed by atoms with Gasteiger partial charge in [0.15, 0.2) is 0 Å². The smallest absolute Gasteiger partial charge is 0.119 e. The predicted octanol–water partition coefficient (Wildman–Crippen LogP) is 2.96. The van der Waals surface area contributed by atoms with Gasteiger partial charge in [-0.25, -0.2) is 4.98 Å². The lowest BCUT2D eigenvalue weighted by Crippen LogP contribution is -2.34. The molecule has 0 atom stereocenters. The maximum absolute atomic E-state index is 5.46. The number of nitrogens with zero attached hydrogens (tertiary/aromatic N) is 1. The van der Waals surface area contributed by atoms with Gasteiger partial charge in [0.2, 0.25) is 0 Å². The molecule has 0 bridgehead atoms. The van der Waals surface area contributed by atoms with E-state index in [9.17, 15) is 0 Å². The van der Waals surface area contributed by atoms with Gasteiger partial charge in [0.1, 0.15) is 5.01 Å². The van der Waals surface area contributed by atoms with Gasteiger partial charge in [0.25, 0.3) is 0 Å². The summed E-state index contributed by atoms with van der Waals surface area (Å²) in [6.45, 7) is 11.0. The summed E-state index contributed by atoms with van der Waals surface area (Å²) in [5.41, 5.74) is 0.156. The summed E-state index contributed by atoms with van der Waals surface area (Å²) < 4.78 is 5.46. The number of ether oxygens (including phenoxy) is 1. The van der Waals surface area contributed by atoms with Crippen molar-refractivity contribution < 1.29 is 4.74 Å². The standard InChI is InChI=1S/C12H22N2OS/c1-5-6-15-9-11-13-7-10(16-11)8-14-12(2,3)4/h7,14H,5-6,8-9H2,1-4H3. The largest absolute Gasteiger partial charge is 0.374 e. The fourth-order valence-corrected chi connectivity index (χ4v) is 1.95. The molecule has 0 aliphatic rings. The van der Waals surface area contributed by atoms with Gasteiger partial charge < -0.3 is 10.1 Å². The van der Waals surface area contributed by atoms with E-state index >= 15 is 0 Å². The van der Waals surface area contributed by atoms with E-state index in [2.05, 4.69) is 38.0 Å². The van der Waals surface area contributed by atoms with Crippen LogP contribution in [0.5, 0.6) is 0 Å². The maximum Gasteiger partial charge on any atom is 0.119 e. The fraction of sp³-hybridized carbons (Fsp3) is 0.750. The highest BCUT2D eigenvalue weighted by Gasteiger charge is 2.09. The van der Waals surface area contributed by atoms with Crippen LogP contribution in [0.2, 0.25) is 0 Å². The van der Waals surface area contributed by atoms with Gasteiger partial charge in [-0.15, -0.1) is 11.3 Å². The van der Waals surface area contributed by atoms with Crippen LogP contribution in [0, 0.1) is 0 Å². The minimum atomic E-state index is 0.156. The first kappa shape index (κ1) is 13.6. The van der Waals surface area contributed by atoms with Crippen molar-refractivity contribution in [2.24, 2.45) is 0 Å². The third-order valence-corrected chi connectivity index (χ3v) is 2.94. The van der Waals surface area contributed by atoms with Crippen LogP contribution in [0.3, 0.4) is 0 Å². The Morgan fingerprint density at radius 2 is 2.19 bits per heavy atom. The van der Waals surface area contributed by atoms with E-state index in [0.717, 1.165) is 24.6 Å². The van der Waals surface area contributed by atoms with Crippen LogP contribution < -0.4 is 5.32 Å². The van der Waals surface area contributed by atoms with Crippen molar-refractivity contribution in [1.82, 2.24) is 10.3 Å². The first-order valence-corrected chi connectivity index (χ1v) is 6.59. The SMILES string of the molecule is CCCOCc1ncc(CNC(C)(C)C)s1. The Labute approximate surface area is 102 Å². The highest BCUT2D eigenvalue weighted by atomic mass is 32.1. The lowest BCUT2D eigenvalue weighted by molar-refractivity contribution is 0.121. The normalized spacial score (nSPS) is 12.0. The molecule has 1 aromatic rings. The first-order valence-electron chi connectivity index (χ1n) is 5.77. The number of hydrogen-bond acceptors (Lipinski definition) is 4. The average molecular weight is 242 g/mol. The molecule has 1 rings (SSSR count). The van der Waals surface area contributed by atoms with E-state index in [-0.39, 0.29) is 5.54 Å². The molecule has 0 radical (unpaired) electrons. The molecular formula is C12H22N2OS. The lowest BCUT2D eigenvalue weighted by atomic mass is 10.1. The number of hydrogen-bond donors (Lipinski definition) is 1. The van der Waals surface area contributed by atoms with Crippen molar-refractivity contribution >= 4 is 11.3 Å². The molecule has 0 fully saturated rings. The van der Waals surface area contributed by atoms with Crippen LogP contribution in [-0.4, -0.2) is 17.1 Å². The van der Waals surface area contributed by atoms with E-state index in [1.807, 2.05) is 6.20 Å². The van der Waals surface area contributed by atoms with Gasteiger partial charge in [-0.3, -0.25) is 0 Å². The summed E-state index contributed by atoms with van der Waals surface area (Å²) in [5.74, 6) is 0. The van der Waals surface area contributed by atoms with Gasteiger partial charge in [-0.1, -0.05) is 6.92 Å². The molecule has 1 N–H and O–H groups in total. The Hall–Kier alpha value is -0.450. The molecule has 0 aliphatic heterocycles. The zero-order valence-corrected chi connectivity index (χ0v) is 11.5. The monoisotopic (exact) mass is 242 g/mol. The number of thiazole rings is 1. The summed E-state index contributed by atoms with van der Waals surface area (Å²) in [6.07, 6.45) is 3.00. The molecule has 3 nitrogen and oxygen atoms in total. The van der Waals surface area contributed by atoms with Gasteiger partial charge >= 0.3 is 0 Å². The molecule has 0 aliphatic carbocycles. The zero-order chi connectivity index (χ0) is 12.0. The molecule has 0 amide bonds. The first-order chi connectivity index (χ1) is 7.51. The Morgan fingerprint density at radius 1 is 1.44 bits per heavy atom. The van der Waals surface area contributed by atoms with Crippen molar-refractivity contribution in [1.29, 1.82) is 0 Å². The van der Waals surface area contributed by atoms with Crippen LogP contribution in [0.15, 0.2) is 6.20 Å². The second kappa shape index (κ2) is 6.33. The molecular weight excluding hydrogens is 220 g/mol. The molecule has 16 heavy (non-hydrogen) atoms. The molecule has 0 saturated heterocycles. The quantitative estimate of drug-likeness (QED) is 0.779. The van der Waals surface area contributed by atoms with Gasteiger partial charge in [-0.2, -0.15) is 0 Å². The molecule has 92 valence electrons. The molecule has 4 heteroatoms. The third-order valence-electron chi connectivity index (χ3n) is 1.97.